The minimum absolute atomic E-state index is 0.139. The maximum Gasteiger partial charge on any atom is 0.164 e. The molecule has 0 fully saturated rings. The molecule has 3 aromatic rings. The maximum absolute atomic E-state index is 13.8. The lowest BCUT2D eigenvalue weighted by atomic mass is 10.2. The molecule has 19 heavy (non-hydrogen) atoms. The van der Waals surface area contributed by atoms with Crippen LogP contribution in [-0.2, 0) is 6.54 Å². The standard InChI is InChI=1S/C15H11ClFNS/c16-12-5-3-6-13(15(12)17)18-8-10-9-19-14-7-2-1-4-11(10)14/h1-7,9,18H,8H2. The van der Waals surface area contributed by atoms with Crippen LogP contribution < -0.4 is 5.32 Å². The van der Waals surface area contributed by atoms with Crippen molar-refractivity contribution in [2.24, 2.45) is 0 Å². The molecule has 4 heteroatoms. The summed E-state index contributed by atoms with van der Waals surface area (Å²) in [6, 6.07) is 13.2. The van der Waals surface area contributed by atoms with Crippen molar-refractivity contribution in [1.82, 2.24) is 0 Å². The average molecular weight is 292 g/mol. The largest absolute Gasteiger partial charge is 0.379 e. The Kier molecular flexibility index (Phi) is 3.40. The van der Waals surface area contributed by atoms with Gasteiger partial charge in [0.15, 0.2) is 5.82 Å². The van der Waals surface area contributed by atoms with Gasteiger partial charge >= 0.3 is 0 Å². The van der Waals surface area contributed by atoms with Crippen LogP contribution in [0.4, 0.5) is 10.1 Å². The molecule has 3 rings (SSSR count). The van der Waals surface area contributed by atoms with Crippen LogP contribution in [0, 0.1) is 5.82 Å². The Labute approximate surface area is 119 Å². The number of nitrogens with one attached hydrogen (secondary N) is 1. The molecule has 2 aromatic carbocycles. The van der Waals surface area contributed by atoms with Gasteiger partial charge in [-0.15, -0.1) is 11.3 Å². The van der Waals surface area contributed by atoms with Gasteiger partial charge in [0.05, 0.1) is 10.7 Å². The first-order valence-corrected chi connectivity index (χ1v) is 7.14. The van der Waals surface area contributed by atoms with E-state index in [4.69, 9.17) is 11.6 Å². The minimum Gasteiger partial charge on any atom is -0.379 e. The van der Waals surface area contributed by atoms with Crippen LogP contribution in [0.1, 0.15) is 5.56 Å². The predicted octanol–water partition coefficient (Wildman–Crippen LogP) is 5.31. The smallest absolute Gasteiger partial charge is 0.164 e. The van der Waals surface area contributed by atoms with Crippen molar-refractivity contribution in [2.45, 2.75) is 6.54 Å². The molecule has 0 aliphatic heterocycles. The molecular weight excluding hydrogens is 281 g/mol. The van der Waals surface area contributed by atoms with Gasteiger partial charge in [-0.25, -0.2) is 4.39 Å². The van der Waals surface area contributed by atoms with E-state index in [0.29, 0.717) is 12.2 Å². The number of hydrogen-bond donors (Lipinski definition) is 1. The predicted molar refractivity (Wildman–Crippen MR) is 80.6 cm³/mol. The zero-order chi connectivity index (χ0) is 13.2. The minimum atomic E-state index is -0.399. The summed E-state index contributed by atoms with van der Waals surface area (Å²) >= 11 is 7.45. The third kappa shape index (κ3) is 2.44. The van der Waals surface area contributed by atoms with E-state index in [1.807, 2.05) is 12.1 Å². The van der Waals surface area contributed by atoms with Gasteiger partial charge in [-0.1, -0.05) is 35.9 Å². The monoisotopic (exact) mass is 291 g/mol. The van der Waals surface area contributed by atoms with Crippen molar-refractivity contribution in [3.05, 3.63) is 64.2 Å². The molecule has 0 atom stereocenters. The van der Waals surface area contributed by atoms with Crippen molar-refractivity contribution in [1.29, 1.82) is 0 Å². The summed E-state index contributed by atoms with van der Waals surface area (Å²) in [4.78, 5) is 0. The molecule has 1 heterocycles. The molecule has 0 aliphatic rings. The second-order valence-corrected chi connectivity index (χ2v) is 5.53. The lowest BCUT2D eigenvalue weighted by Crippen LogP contribution is -2.00. The number of fused-ring (bicyclic) bond motifs is 1. The third-order valence-corrected chi connectivity index (χ3v) is 4.29. The van der Waals surface area contributed by atoms with E-state index < -0.39 is 5.82 Å². The zero-order valence-corrected chi connectivity index (χ0v) is 11.6. The lowest BCUT2D eigenvalue weighted by Gasteiger charge is -2.07. The van der Waals surface area contributed by atoms with E-state index in [0.717, 1.165) is 0 Å². The fraction of sp³-hybridized carbons (Fsp3) is 0.0667. The van der Waals surface area contributed by atoms with Crippen LogP contribution in [0.2, 0.25) is 5.02 Å². The van der Waals surface area contributed by atoms with Gasteiger partial charge in [0.25, 0.3) is 0 Å². The molecule has 0 aliphatic carbocycles. The van der Waals surface area contributed by atoms with Crippen molar-refractivity contribution in [3.8, 4) is 0 Å². The molecule has 0 unspecified atom stereocenters. The number of benzene rings is 2. The molecule has 0 radical (unpaired) electrons. The Morgan fingerprint density at radius 2 is 1.95 bits per heavy atom. The molecular formula is C15H11ClFNS. The summed E-state index contributed by atoms with van der Waals surface area (Å²) in [6.07, 6.45) is 0. The molecule has 0 amide bonds. The number of halogens is 2. The van der Waals surface area contributed by atoms with Crippen LogP contribution >= 0.6 is 22.9 Å². The van der Waals surface area contributed by atoms with Crippen molar-refractivity contribution < 1.29 is 4.39 Å². The molecule has 96 valence electrons. The second-order valence-electron chi connectivity index (χ2n) is 4.21. The first-order valence-electron chi connectivity index (χ1n) is 5.88. The maximum atomic E-state index is 13.8. The first kappa shape index (κ1) is 12.5. The fourth-order valence-electron chi connectivity index (χ4n) is 2.00. The van der Waals surface area contributed by atoms with Gasteiger partial charge in [0.1, 0.15) is 0 Å². The quantitative estimate of drug-likeness (QED) is 0.690. The first-order chi connectivity index (χ1) is 9.25. The number of rotatable bonds is 3. The van der Waals surface area contributed by atoms with Gasteiger partial charge in [0.2, 0.25) is 0 Å². The summed E-state index contributed by atoms with van der Waals surface area (Å²) in [5.41, 5.74) is 1.60. The van der Waals surface area contributed by atoms with E-state index in [9.17, 15) is 4.39 Å². The van der Waals surface area contributed by atoms with E-state index in [-0.39, 0.29) is 5.02 Å². The van der Waals surface area contributed by atoms with Crippen molar-refractivity contribution >= 4 is 38.7 Å². The van der Waals surface area contributed by atoms with E-state index in [2.05, 4.69) is 22.8 Å². The summed E-state index contributed by atoms with van der Waals surface area (Å²) < 4.78 is 15.0. The fourth-order valence-corrected chi connectivity index (χ4v) is 3.14. The van der Waals surface area contributed by atoms with Gasteiger partial charge in [-0.2, -0.15) is 0 Å². The molecule has 1 nitrogen and oxygen atoms in total. The molecule has 0 saturated heterocycles. The highest BCUT2D eigenvalue weighted by atomic mass is 35.5. The highest BCUT2D eigenvalue weighted by Crippen LogP contribution is 2.27. The van der Waals surface area contributed by atoms with Gasteiger partial charge < -0.3 is 5.32 Å². The summed E-state index contributed by atoms with van der Waals surface area (Å²) in [6.45, 7) is 0.585. The van der Waals surface area contributed by atoms with Crippen molar-refractivity contribution in [3.63, 3.8) is 0 Å². The Hall–Kier alpha value is -1.58. The number of thiophene rings is 1. The highest BCUT2D eigenvalue weighted by molar-refractivity contribution is 7.17. The van der Waals surface area contributed by atoms with E-state index >= 15 is 0 Å². The summed E-state index contributed by atoms with van der Waals surface area (Å²) in [5, 5.41) is 6.54. The van der Waals surface area contributed by atoms with Crippen LogP contribution in [0.25, 0.3) is 10.1 Å². The van der Waals surface area contributed by atoms with Gasteiger partial charge in [0, 0.05) is 11.2 Å². The number of anilines is 1. The van der Waals surface area contributed by atoms with E-state index in [1.54, 1.807) is 29.5 Å². The van der Waals surface area contributed by atoms with Crippen LogP contribution in [0.15, 0.2) is 47.8 Å². The molecule has 1 aromatic heterocycles. The number of hydrogen-bond acceptors (Lipinski definition) is 2. The van der Waals surface area contributed by atoms with Gasteiger partial charge in [-0.3, -0.25) is 0 Å². The van der Waals surface area contributed by atoms with E-state index in [1.165, 1.54) is 15.6 Å². The third-order valence-electron chi connectivity index (χ3n) is 2.98. The normalized spacial score (nSPS) is 10.8. The van der Waals surface area contributed by atoms with Crippen LogP contribution in [0.3, 0.4) is 0 Å². The Morgan fingerprint density at radius 3 is 2.84 bits per heavy atom. The van der Waals surface area contributed by atoms with Crippen LogP contribution in [0.5, 0.6) is 0 Å². The summed E-state index contributed by atoms with van der Waals surface area (Å²) in [5.74, 6) is -0.399. The second kappa shape index (κ2) is 5.19. The highest BCUT2D eigenvalue weighted by Gasteiger charge is 2.07. The lowest BCUT2D eigenvalue weighted by molar-refractivity contribution is 0.630. The Balaban J connectivity index is 1.84. The van der Waals surface area contributed by atoms with Crippen LogP contribution in [-0.4, -0.2) is 0 Å². The Morgan fingerprint density at radius 1 is 1.11 bits per heavy atom. The summed E-state index contributed by atoms with van der Waals surface area (Å²) in [7, 11) is 0. The zero-order valence-electron chi connectivity index (χ0n) is 9.99. The van der Waals surface area contributed by atoms with Gasteiger partial charge in [-0.05, 0) is 34.5 Å². The topological polar surface area (TPSA) is 12.0 Å². The molecule has 0 bridgehead atoms. The molecule has 0 spiro atoms. The van der Waals surface area contributed by atoms with Crippen molar-refractivity contribution in [2.75, 3.05) is 5.32 Å². The Bertz CT molecular complexity index is 723. The molecule has 0 saturated carbocycles. The SMILES string of the molecule is Fc1c(Cl)cccc1NCc1csc2ccccc12. The average Bonchev–Trinajstić information content (AvgIpc) is 2.84. The molecule has 1 N–H and O–H groups in total.